The first-order chi connectivity index (χ1) is 17.2. The third-order valence-electron chi connectivity index (χ3n) is 6.79. The van der Waals surface area contributed by atoms with E-state index >= 15 is 0 Å². The predicted molar refractivity (Wildman–Crippen MR) is 140 cm³/mol. The smallest absolute Gasteiger partial charge is 0.254 e. The maximum atomic E-state index is 13.2. The van der Waals surface area contributed by atoms with Crippen LogP contribution in [0.1, 0.15) is 21.5 Å². The number of carbonyl (C=O) groups is 1. The van der Waals surface area contributed by atoms with Crippen LogP contribution in [0.2, 0.25) is 0 Å². The molecule has 2 heterocycles. The third-order valence-corrected chi connectivity index (χ3v) is 6.79. The number of aryl methyl sites for hydroxylation is 1. The van der Waals surface area contributed by atoms with Crippen LogP contribution in [0, 0.1) is 6.92 Å². The molecule has 1 amide bonds. The Labute approximate surface area is 204 Å². The quantitative estimate of drug-likeness (QED) is 0.346. The molecule has 174 valence electrons. The average Bonchev–Trinajstić information content (AvgIpc) is 3.27. The van der Waals surface area contributed by atoms with Crippen LogP contribution in [-0.2, 0) is 11.3 Å². The second-order valence-corrected chi connectivity index (χ2v) is 9.14. The Kier molecular flexibility index (Phi) is 5.55. The maximum absolute atomic E-state index is 13.2. The van der Waals surface area contributed by atoms with Crippen molar-refractivity contribution in [1.29, 1.82) is 0 Å². The van der Waals surface area contributed by atoms with E-state index < -0.39 is 0 Å². The van der Waals surface area contributed by atoms with Crippen LogP contribution < -0.4 is 0 Å². The van der Waals surface area contributed by atoms with E-state index in [9.17, 15) is 4.79 Å². The van der Waals surface area contributed by atoms with Crippen LogP contribution in [0.3, 0.4) is 0 Å². The lowest BCUT2D eigenvalue weighted by Gasteiger charge is -2.26. The van der Waals surface area contributed by atoms with Gasteiger partial charge in [0, 0.05) is 30.8 Å². The van der Waals surface area contributed by atoms with Crippen molar-refractivity contribution >= 4 is 27.7 Å². The summed E-state index contributed by atoms with van der Waals surface area (Å²) in [5, 5.41) is 2.35. The minimum Gasteiger partial charge on any atom is -0.378 e. The number of aromatic nitrogens is 2. The van der Waals surface area contributed by atoms with E-state index in [0.717, 1.165) is 22.4 Å². The molecule has 35 heavy (non-hydrogen) atoms. The Morgan fingerprint density at radius 3 is 2.51 bits per heavy atom. The number of fused-ring (bicyclic) bond motifs is 2. The van der Waals surface area contributed by atoms with Crippen molar-refractivity contribution < 1.29 is 9.53 Å². The van der Waals surface area contributed by atoms with Crippen molar-refractivity contribution in [2.75, 3.05) is 26.3 Å². The van der Waals surface area contributed by atoms with Gasteiger partial charge in [-0.15, -0.1) is 0 Å². The molecule has 1 aromatic heterocycles. The normalized spacial score (nSPS) is 14.0. The molecule has 0 unspecified atom stereocenters. The van der Waals surface area contributed by atoms with Gasteiger partial charge in [0.1, 0.15) is 5.82 Å². The Morgan fingerprint density at radius 1 is 0.914 bits per heavy atom. The van der Waals surface area contributed by atoms with Gasteiger partial charge in [-0.1, -0.05) is 72.3 Å². The van der Waals surface area contributed by atoms with Crippen LogP contribution in [-0.4, -0.2) is 46.7 Å². The summed E-state index contributed by atoms with van der Waals surface area (Å²) < 4.78 is 7.68. The van der Waals surface area contributed by atoms with Gasteiger partial charge < -0.3 is 14.2 Å². The first kappa shape index (κ1) is 21.6. The van der Waals surface area contributed by atoms with E-state index in [0.29, 0.717) is 38.4 Å². The van der Waals surface area contributed by atoms with Gasteiger partial charge >= 0.3 is 0 Å². The highest BCUT2D eigenvalue weighted by Gasteiger charge is 2.21. The Hall–Kier alpha value is -3.96. The Balaban J connectivity index is 1.52. The summed E-state index contributed by atoms with van der Waals surface area (Å²) in [6.45, 7) is 5.20. The summed E-state index contributed by atoms with van der Waals surface area (Å²) in [5.41, 5.74) is 6.06. The van der Waals surface area contributed by atoms with Crippen LogP contribution in [0.25, 0.3) is 33.2 Å². The van der Waals surface area contributed by atoms with Crippen molar-refractivity contribution in [3.8, 4) is 11.4 Å². The summed E-state index contributed by atoms with van der Waals surface area (Å²) in [6, 6.07) is 29.2. The first-order valence-corrected chi connectivity index (χ1v) is 12.1. The Bertz CT molecular complexity index is 1520. The molecule has 1 aliphatic heterocycles. The number of nitrogens with zero attached hydrogens (tertiary/aromatic N) is 3. The highest BCUT2D eigenvalue weighted by Crippen LogP contribution is 2.32. The lowest BCUT2D eigenvalue weighted by molar-refractivity contribution is 0.0303. The second-order valence-electron chi connectivity index (χ2n) is 9.14. The average molecular weight is 462 g/mol. The molecule has 0 N–H and O–H groups in total. The number of hydrogen-bond acceptors (Lipinski definition) is 3. The fourth-order valence-corrected chi connectivity index (χ4v) is 4.87. The maximum Gasteiger partial charge on any atom is 0.254 e. The molecule has 0 bridgehead atoms. The van der Waals surface area contributed by atoms with E-state index in [1.54, 1.807) is 0 Å². The standard InChI is InChI=1S/C30H27N3O2/c1-21-9-11-22(12-10-21)20-33-28-19-24(30(34)32-15-17-35-18-16-32)13-14-27(28)31-29(33)26-8-4-6-23-5-2-3-7-25(23)26/h2-14,19H,15-18,20H2,1H3. The summed E-state index contributed by atoms with van der Waals surface area (Å²) in [7, 11) is 0. The van der Waals surface area contributed by atoms with Gasteiger partial charge in [-0.3, -0.25) is 4.79 Å². The zero-order valence-electron chi connectivity index (χ0n) is 19.8. The second kappa shape index (κ2) is 9.01. The first-order valence-electron chi connectivity index (χ1n) is 12.1. The largest absolute Gasteiger partial charge is 0.378 e. The van der Waals surface area contributed by atoms with E-state index in [1.807, 2.05) is 23.1 Å². The van der Waals surface area contributed by atoms with Gasteiger partial charge in [0.05, 0.1) is 24.2 Å². The van der Waals surface area contributed by atoms with Gasteiger partial charge in [-0.2, -0.15) is 0 Å². The number of amides is 1. The van der Waals surface area contributed by atoms with Crippen molar-refractivity contribution in [2.45, 2.75) is 13.5 Å². The van der Waals surface area contributed by atoms with Crippen LogP contribution in [0.15, 0.2) is 84.9 Å². The molecule has 0 saturated carbocycles. The van der Waals surface area contributed by atoms with Gasteiger partial charge in [0.25, 0.3) is 5.91 Å². The predicted octanol–water partition coefficient (Wildman–Crippen LogP) is 5.69. The lowest BCUT2D eigenvalue weighted by Crippen LogP contribution is -2.40. The van der Waals surface area contributed by atoms with Crippen LogP contribution >= 0.6 is 0 Å². The SMILES string of the molecule is Cc1ccc(Cn2c(-c3cccc4ccccc34)nc3ccc(C(=O)N4CCOCC4)cc32)cc1. The zero-order valence-corrected chi connectivity index (χ0v) is 19.8. The van der Waals surface area contributed by atoms with Crippen LogP contribution in [0.5, 0.6) is 0 Å². The molecule has 0 aliphatic carbocycles. The van der Waals surface area contributed by atoms with E-state index in [4.69, 9.17) is 9.72 Å². The van der Waals surface area contributed by atoms with Crippen molar-refractivity contribution in [1.82, 2.24) is 14.5 Å². The monoisotopic (exact) mass is 461 g/mol. The molecule has 4 aromatic carbocycles. The Morgan fingerprint density at radius 2 is 1.69 bits per heavy atom. The molecule has 0 atom stereocenters. The summed E-state index contributed by atoms with van der Waals surface area (Å²) in [6.07, 6.45) is 0. The minimum atomic E-state index is 0.0463. The highest BCUT2D eigenvalue weighted by atomic mass is 16.5. The van der Waals surface area contributed by atoms with Gasteiger partial charge in [0.15, 0.2) is 0 Å². The number of carbonyl (C=O) groups excluding carboxylic acids is 1. The molecule has 0 radical (unpaired) electrons. The summed E-state index contributed by atoms with van der Waals surface area (Å²) in [4.78, 5) is 20.2. The van der Waals surface area contributed by atoms with Crippen LogP contribution in [0.4, 0.5) is 0 Å². The van der Waals surface area contributed by atoms with Crippen molar-refractivity contribution in [2.24, 2.45) is 0 Å². The molecule has 6 rings (SSSR count). The number of ether oxygens (including phenoxy) is 1. The third kappa shape index (κ3) is 4.08. The molecule has 5 aromatic rings. The fourth-order valence-electron chi connectivity index (χ4n) is 4.87. The summed E-state index contributed by atoms with van der Waals surface area (Å²) >= 11 is 0. The zero-order chi connectivity index (χ0) is 23.8. The van der Waals surface area contributed by atoms with Gasteiger partial charge in [-0.25, -0.2) is 4.98 Å². The molecule has 1 aliphatic rings. The lowest BCUT2D eigenvalue weighted by atomic mass is 10.0. The molecule has 5 nitrogen and oxygen atoms in total. The topological polar surface area (TPSA) is 47.4 Å². The molecular weight excluding hydrogens is 434 g/mol. The fraction of sp³-hybridized carbons (Fsp3) is 0.200. The highest BCUT2D eigenvalue weighted by molar-refractivity contribution is 6.00. The molecule has 5 heteroatoms. The van der Waals surface area contributed by atoms with Gasteiger partial charge in [0.2, 0.25) is 0 Å². The summed E-state index contributed by atoms with van der Waals surface area (Å²) in [5.74, 6) is 0.957. The number of rotatable bonds is 4. The van der Waals surface area contributed by atoms with E-state index in [2.05, 4.69) is 78.2 Å². The number of hydrogen-bond donors (Lipinski definition) is 0. The van der Waals surface area contributed by atoms with E-state index in [-0.39, 0.29) is 5.91 Å². The molecule has 1 saturated heterocycles. The van der Waals surface area contributed by atoms with Gasteiger partial charge in [-0.05, 0) is 41.5 Å². The molecule has 0 spiro atoms. The molecule has 1 fully saturated rings. The number of imidazole rings is 1. The molecular formula is C30H27N3O2. The van der Waals surface area contributed by atoms with Crippen molar-refractivity contribution in [3.63, 3.8) is 0 Å². The van der Waals surface area contributed by atoms with E-state index in [1.165, 1.54) is 21.9 Å². The van der Waals surface area contributed by atoms with Crippen molar-refractivity contribution in [3.05, 3.63) is 102 Å². The minimum absolute atomic E-state index is 0.0463. The number of morpholine rings is 1. The number of benzene rings is 4.